The molecule has 0 saturated carbocycles. The van der Waals surface area contributed by atoms with Gasteiger partial charge in [0, 0.05) is 5.69 Å². The lowest BCUT2D eigenvalue weighted by Gasteiger charge is -2.13. The number of rotatable bonds is 3. The lowest BCUT2D eigenvalue weighted by molar-refractivity contribution is -0.115. The molecule has 1 aliphatic rings. The summed E-state index contributed by atoms with van der Waals surface area (Å²) in [6.07, 6.45) is 0.351. The van der Waals surface area contributed by atoms with Crippen molar-refractivity contribution in [2.75, 3.05) is 12.4 Å². The number of alkyl halides is 1. The van der Waals surface area contributed by atoms with Gasteiger partial charge >= 0.3 is 0 Å². The number of methoxy groups -OCH3 is 1. The molecule has 2 aromatic carbocycles. The van der Waals surface area contributed by atoms with E-state index in [0.29, 0.717) is 12.0 Å². The number of anilines is 1. The maximum absolute atomic E-state index is 13.8. The molecule has 108 valence electrons. The Kier molecular flexibility index (Phi) is 3.55. The van der Waals surface area contributed by atoms with Crippen molar-refractivity contribution in [2.45, 2.75) is 11.8 Å². The van der Waals surface area contributed by atoms with E-state index in [-0.39, 0.29) is 11.7 Å². The first kappa shape index (κ1) is 13.9. The molecule has 0 aliphatic carbocycles. The van der Waals surface area contributed by atoms with E-state index in [9.17, 15) is 9.18 Å². The second-order valence-corrected chi connectivity index (χ2v) is 5.33. The summed E-state index contributed by atoms with van der Waals surface area (Å²) < 4.78 is 18.7. The zero-order valence-corrected chi connectivity index (χ0v) is 12.1. The Bertz CT molecular complexity index is 717. The van der Waals surface area contributed by atoms with E-state index in [2.05, 4.69) is 5.32 Å². The number of ether oxygens (including phenoxy) is 1. The molecule has 1 heterocycles. The largest absolute Gasteiger partial charge is 0.494 e. The Morgan fingerprint density at radius 1 is 1.24 bits per heavy atom. The fraction of sp³-hybridized carbons (Fsp3) is 0.188. The van der Waals surface area contributed by atoms with Crippen LogP contribution in [0.1, 0.15) is 22.1 Å². The number of hydrogen-bond donors (Lipinski definition) is 1. The van der Waals surface area contributed by atoms with Crippen LogP contribution in [0.5, 0.6) is 5.75 Å². The molecule has 0 bridgehead atoms. The van der Waals surface area contributed by atoms with Gasteiger partial charge in [0.1, 0.15) is 0 Å². The molecule has 5 heteroatoms. The van der Waals surface area contributed by atoms with Gasteiger partial charge in [-0.15, -0.1) is 11.6 Å². The highest BCUT2D eigenvalue weighted by Crippen LogP contribution is 2.34. The van der Waals surface area contributed by atoms with Crippen molar-refractivity contribution in [3.63, 3.8) is 0 Å². The highest BCUT2D eigenvalue weighted by molar-refractivity contribution is 6.22. The van der Waals surface area contributed by atoms with Crippen molar-refractivity contribution in [1.82, 2.24) is 0 Å². The molecule has 0 fully saturated rings. The fourth-order valence-corrected chi connectivity index (χ4v) is 2.71. The van der Waals surface area contributed by atoms with Gasteiger partial charge in [-0.05, 0) is 34.9 Å². The summed E-state index contributed by atoms with van der Waals surface area (Å²) in [7, 11) is 1.42. The van der Waals surface area contributed by atoms with Gasteiger partial charge in [0.05, 0.1) is 18.9 Å². The van der Waals surface area contributed by atoms with Crippen molar-refractivity contribution < 1.29 is 13.9 Å². The first-order valence-electron chi connectivity index (χ1n) is 6.48. The van der Waals surface area contributed by atoms with Crippen LogP contribution in [0.3, 0.4) is 0 Å². The summed E-state index contributed by atoms with van der Waals surface area (Å²) in [5.74, 6) is -0.284. The van der Waals surface area contributed by atoms with Crippen LogP contribution in [0.4, 0.5) is 10.1 Å². The molecule has 1 aliphatic heterocycles. The molecule has 3 rings (SSSR count). The number of carbonyl (C=O) groups is 1. The summed E-state index contributed by atoms with van der Waals surface area (Å²) in [5.41, 5.74) is 3.20. The van der Waals surface area contributed by atoms with E-state index in [1.54, 1.807) is 12.1 Å². The molecule has 0 saturated heterocycles. The second-order valence-electron chi connectivity index (χ2n) is 4.90. The van der Waals surface area contributed by atoms with Gasteiger partial charge in [-0.25, -0.2) is 4.39 Å². The molecule has 1 unspecified atom stereocenters. The molecule has 2 aromatic rings. The maximum atomic E-state index is 13.8. The van der Waals surface area contributed by atoms with Crippen molar-refractivity contribution in [3.05, 3.63) is 58.9 Å². The number of fused-ring (bicyclic) bond motifs is 1. The van der Waals surface area contributed by atoms with Crippen LogP contribution in [0.2, 0.25) is 0 Å². The Hall–Kier alpha value is -2.07. The van der Waals surface area contributed by atoms with Crippen molar-refractivity contribution in [3.8, 4) is 5.75 Å². The molecular formula is C16H13ClFNO2. The van der Waals surface area contributed by atoms with Crippen molar-refractivity contribution in [2.24, 2.45) is 0 Å². The Balaban J connectivity index is 1.92. The van der Waals surface area contributed by atoms with Gasteiger partial charge < -0.3 is 10.1 Å². The van der Waals surface area contributed by atoms with Crippen LogP contribution < -0.4 is 10.1 Å². The summed E-state index contributed by atoms with van der Waals surface area (Å²) in [6.45, 7) is 0. The fourth-order valence-electron chi connectivity index (χ4n) is 2.44. The maximum Gasteiger partial charge on any atom is 0.228 e. The average Bonchev–Trinajstić information content (AvgIpc) is 2.85. The molecular weight excluding hydrogens is 293 g/mol. The summed E-state index contributed by atoms with van der Waals surface area (Å²) in [5, 5.41) is 2.29. The third-order valence-corrected chi connectivity index (χ3v) is 4.02. The summed E-state index contributed by atoms with van der Waals surface area (Å²) >= 11 is 6.42. The minimum absolute atomic E-state index is 0.0243. The molecule has 3 nitrogen and oxygen atoms in total. The van der Waals surface area contributed by atoms with Gasteiger partial charge in [-0.3, -0.25) is 4.79 Å². The van der Waals surface area contributed by atoms with E-state index in [1.807, 2.05) is 18.2 Å². The van der Waals surface area contributed by atoms with Crippen molar-refractivity contribution >= 4 is 23.2 Å². The average molecular weight is 306 g/mol. The molecule has 21 heavy (non-hydrogen) atoms. The lowest BCUT2D eigenvalue weighted by Crippen LogP contribution is -2.03. The number of carbonyl (C=O) groups excluding carboxylic acids is 1. The standard InChI is InChI=1S/C16H13ClFNO2/c1-21-14-5-3-10(7-12(14)18)16(17)9-2-4-13-11(6-9)8-15(20)19-13/h2-7,16H,8H2,1H3,(H,19,20). The normalized spacial score (nSPS) is 14.5. The monoisotopic (exact) mass is 305 g/mol. The Morgan fingerprint density at radius 2 is 1.95 bits per heavy atom. The lowest BCUT2D eigenvalue weighted by atomic mass is 10.0. The van der Waals surface area contributed by atoms with Crippen molar-refractivity contribution in [1.29, 1.82) is 0 Å². The van der Waals surface area contributed by atoms with E-state index < -0.39 is 11.2 Å². The number of nitrogens with one attached hydrogen (secondary N) is 1. The van der Waals surface area contributed by atoms with Crippen LogP contribution in [0.25, 0.3) is 0 Å². The molecule has 1 atom stereocenters. The highest BCUT2D eigenvalue weighted by Gasteiger charge is 2.20. The smallest absolute Gasteiger partial charge is 0.228 e. The first-order chi connectivity index (χ1) is 10.1. The van der Waals surface area contributed by atoms with Gasteiger partial charge in [-0.2, -0.15) is 0 Å². The predicted molar refractivity (Wildman–Crippen MR) is 79.4 cm³/mol. The van der Waals surface area contributed by atoms with E-state index in [0.717, 1.165) is 16.8 Å². The van der Waals surface area contributed by atoms with Crippen LogP contribution >= 0.6 is 11.6 Å². The Labute approximate surface area is 126 Å². The quantitative estimate of drug-likeness (QED) is 0.879. The van der Waals surface area contributed by atoms with Crippen LogP contribution in [-0.4, -0.2) is 13.0 Å². The van der Waals surface area contributed by atoms with Gasteiger partial charge in [0.2, 0.25) is 5.91 Å². The second kappa shape index (κ2) is 5.37. The minimum Gasteiger partial charge on any atom is -0.494 e. The summed E-state index contributed by atoms with van der Waals surface area (Å²) in [4.78, 5) is 11.4. The van der Waals surface area contributed by atoms with E-state index in [1.165, 1.54) is 13.2 Å². The SMILES string of the molecule is COc1ccc(C(Cl)c2ccc3c(c2)CC(=O)N3)cc1F. The topological polar surface area (TPSA) is 38.3 Å². The van der Waals surface area contributed by atoms with Crippen LogP contribution in [0.15, 0.2) is 36.4 Å². The first-order valence-corrected chi connectivity index (χ1v) is 6.92. The molecule has 0 radical (unpaired) electrons. The van der Waals surface area contributed by atoms with Gasteiger partial charge in [0.15, 0.2) is 11.6 Å². The number of amides is 1. The molecule has 1 amide bonds. The third-order valence-electron chi connectivity index (χ3n) is 3.52. The molecule has 1 N–H and O–H groups in total. The predicted octanol–water partition coefficient (Wildman–Crippen LogP) is 3.66. The number of hydrogen-bond acceptors (Lipinski definition) is 2. The van der Waals surface area contributed by atoms with Gasteiger partial charge in [-0.1, -0.05) is 18.2 Å². The Morgan fingerprint density at radius 3 is 2.67 bits per heavy atom. The van der Waals surface area contributed by atoms with Gasteiger partial charge in [0.25, 0.3) is 0 Å². The van der Waals surface area contributed by atoms with E-state index in [4.69, 9.17) is 16.3 Å². The summed E-state index contributed by atoms with van der Waals surface area (Å²) in [6, 6.07) is 10.2. The molecule has 0 aromatic heterocycles. The zero-order valence-electron chi connectivity index (χ0n) is 11.3. The zero-order chi connectivity index (χ0) is 15.0. The van der Waals surface area contributed by atoms with Crippen LogP contribution in [0, 0.1) is 5.82 Å². The minimum atomic E-state index is -0.480. The van der Waals surface area contributed by atoms with E-state index >= 15 is 0 Å². The molecule has 0 spiro atoms. The highest BCUT2D eigenvalue weighted by atomic mass is 35.5. The number of halogens is 2. The third kappa shape index (κ3) is 2.59. The van der Waals surface area contributed by atoms with Crippen LogP contribution in [-0.2, 0) is 11.2 Å². The number of benzene rings is 2.